The van der Waals surface area contributed by atoms with E-state index in [1.807, 2.05) is 32.0 Å². The predicted molar refractivity (Wildman–Crippen MR) is 148 cm³/mol. The van der Waals surface area contributed by atoms with Gasteiger partial charge < -0.3 is 15.4 Å². The van der Waals surface area contributed by atoms with Crippen molar-refractivity contribution in [3.05, 3.63) is 45.3 Å². The van der Waals surface area contributed by atoms with Gasteiger partial charge in [0, 0.05) is 10.9 Å². The standard InChI is InChI=1S/C28H38N2O5S2/c1-16-11-17(2)13-21(12-16)35-18(3)25(31)30-27-24(26(32)29-20-9-10-37(33,34)15-20)22-8-7-19(28(4,5)6)14-23(22)36-27/h11-13,18-20H,7-10,14-15H2,1-6H3,(H,29,32)(H,30,31). The van der Waals surface area contributed by atoms with Crippen LogP contribution in [0.15, 0.2) is 18.2 Å². The van der Waals surface area contributed by atoms with Crippen LogP contribution in [0.25, 0.3) is 0 Å². The van der Waals surface area contributed by atoms with Crippen LogP contribution < -0.4 is 15.4 Å². The van der Waals surface area contributed by atoms with Crippen LogP contribution in [0.5, 0.6) is 5.75 Å². The van der Waals surface area contributed by atoms with Gasteiger partial charge in [0.05, 0.1) is 17.1 Å². The molecule has 4 rings (SSSR count). The highest BCUT2D eigenvalue weighted by atomic mass is 32.2. The molecule has 2 N–H and O–H groups in total. The number of thiophene rings is 1. The average molecular weight is 547 g/mol. The van der Waals surface area contributed by atoms with E-state index in [0.29, 0.717) is 28.7 Å². The van der Waals surface area contributed by atoms with E-state index in [1.165, 1.54) is 11.3 Å². The Bertz CT molecular complexity index is 1290. The van der Waals surface area contributed by atoms with Crippen molar-refractivity contribution in [2.24, 2.45) is 11.3 Å². The highest BCUT2D eigenvalue weighted by Crippen LogP contribution is 2.44. The molecule has 1 fully saturated rings. The highest BCUT2D eigenvalue weighted by Gasteiger charge is 2.36. The number of aryl methyl sites for hydroxylation is 2. The zero-order valence-electron chi connectivity index (χ0n) is 22.6. The summed E-state index contributed by atoms with van der Waals surface area (Å²) in [5, 5.41) is 6.41. The first-order valence-electron chi connectivity index (χ1n) is 12.9. The number of carbonyl (C=O) groups excluding carboxylic acids is 2. The SMILES string of the molecule is Cc1cc(C)cc(OC(C)C(=O)Nc2sc3c(c2C(=O)NC2CCS(=O)(=O)C2)CCC(C(C)(C)C)C3)c1. The molecule has 1 aliphatic carbocycles. The molecule has 2 amide bonds. The monoisotopic (exact) mass is 546 g/mol. The number of benzene rings is 1. The lowest BCUT2D eigenvalue weighted by Crippen LogP contribution is -2.37. The normalized spacial score (nSPS) is 21.7. The number of sulfone groups is 1. The molecule has 202 valence electrons. The van der Waals surface area contributed by atoms with Crippen LogP contribution in [-0.2, 0) is 27.5 Å². The Labute approximate surface area is 224 Å². The van der Waals surface area contributed by atoms with E-state index in [4.69, 9.17) is 4.74 Å². The van der Waals surface area contributed by atoms with E-state index in [9.17, 15) is 18.0 Å². The van der Waals surface area contributed by atoms with Crippen LogP contribution >= 0.6 is 11.3 Å². The summed E-state index contributed by atoms with van der Waals surface area (Å²) in [6.07, 6.45) is 2.22. The number of nitrogens with one attached hydrogen (secondary N) is 2. The van der Waals surface area contributed by atoms with Gasteiger partial charge in [-0.15, -0.1) is 11.3 Å². The smallest absolute Gasteiger partial charge is 0.265 e. The maximum absolute atomic E-state index is 13.5. The van der Waals surface area contributed by atoms with Gasteiger partial charge in [0.15, 0.2) is 15.9 Å². The Balaban J connectivity index is 1.58. The first kappa shape index (κ1) is 27.6. The van der Waals surface area contributed by atoms with Crippen molar-refractivity contribution in [2.45, 2.75) is 79.4 Å². The summed E-state index contributed by atoms with van der Waals surface area (Å²) in [5.41, 5.74) is 3.69. The van der Waals surface area contributed by atoms with Crippen molar-refractivity contribution in [2.75, 3.05) is 16.8 Å². The summed E-state index contributed by atoms with van der Waals surface area (Å²) >= 11 is 1.46. The summed E-state index contributed by atoms with van der Waals surface area (Å²) in [6.45, 7) is 12.4. The Morgan fingerprint density at radius 2 is 1.78 bits per heavy atom. The molecule has 2 heterocycles. The van der Waals surface area contributed by atoms with Gasteiger partial charge in [-0.2, -0.15) is 0 Å². The van der Waals surface area contributed by atoms with Crippen molar-refractivity contribution in [3.63, 3.8) is 0 Å². The van der Waals surface area contributed by atoms with E-state index in [1.54, 1.807) is 6.92 Å². The van der Waals surface area contributed by atoms with Gasteiger partial charge in [-0.1, -0.05) is 26.8 Å². The summed E-state index contributed by atoms with van der Waals surface area (Å²) in [6, 6.07) is 5.41. The Hall–Kier alpha value is -2.39. The largest absolute Gasteiger partial charge is 0.481 e. The molecule has 1 aromatic carbocycles. The van der Waals surface area contributed by atoms with Crippen LogP contribution in [0.2, 0.25) is 0 Å². The van der Waals surface area contributed by atoms with Gasteiger partial charge in [0.2, 0.25) is 0 Å². The second-order valence-electron chi connectivity index (χ2n) is 11.7. The van der Waals surface area contributed by atoms with E-state index in [-0.39, 0.29) is 28.7 Å². The van der Waals surface area contributed by atoms with Crippen molar-refractivity contribution < 1.29 is 22.7 Å². The second kappa shape index (κ2) is 10.4. The third kappa shape index (κ3) is 6.55. The zero-order valence-corrected chi connectivity index (χ0v) is 24.2. The number of fused-ring (bicyclic) bond motifs is 1. The van der Waals surface area contributed by atoms with Crippen LogP contribution in [-0.4, -0.2) is 43.9 Å². The van der Waals surface area contributed by atoms with E-state index < -0.39 is 22.0 Å². The molecule has 2 aromatic rings. The maximum atomic E-state index is 13.5. The molecule has 37 heavy (non-hydrogen) atoms. The molecule has 2 aliphatic rings. The molecular formula is C28H38N2O5S2. The fourth-order valence-electron chi connectivity index (χ4n) is 5.29. The molecule has 7 nitrogen and oxygen atoms in total. The Morgan fingerprint density at radius 1 is 1.11 bits per heavy atom. The Morgan fingerprint density at radius 3 is 2.38 bits per heavy atom. The van der Waals surface area contributed by atoms with Crippen LogP contribution in [0.4, 0.5) is 5.00 Å². The topological polar surface area (TPSA) is 102 Å². The van der Waals surface area contributed by atoms with Crippen LogP contribution in [0.1, 0.15) is 72.5 Å². The third-order valence-electron chi connectivity index (χ3n) is 7.40. The van der Waals surface area contributed by atoms with Crippen LogP contribution in [0.3, 0.4) is 0 Å². The first-order valence-corrected chi connectivity index (χ1v) is 15.6. The highest BCUT2D eigenvalue weighted by molar-refractivity contribution is 7.91. The molecule has 0 radical (unpaired) electrons. The van der Waals surface area contributed by atoms with Crippen molar-refractivity contribution in [1.29, 1.82) is 0 Å². The average Bonchev–Trinajstić information content (AvgIpc) is 3.30. The lowest BCUT2D eigenvalue weighted by molar-refractivity contribution is -0.122. The van der Waals surface area contributed by atoms with Gasteiger partial charge in [-0.3, -0.25) is 9.59 Å². The van der Waals surface area contributed by atoms with E-state index in [2.05, 4.69) is 31.4 Å². The quantitative estimate of drug-likeness (QED) is 0.540. The predicted octanol–water partition coefficient (Wildman–Crippen LogP) is 4.84. The van der Waals surface area contributed by atoms with Gasteiger partial charge in [0.25, 0.3) is 11.8 Å². The number of carbonyl (C=O) groups is 2. The van der Waals surface area contributed by atoms with Crippen molar-refractivity contribution >= 4 is 38.0 Å². The number of anilines is 1. The third-order valence-corrected chi connectivity index (χ3v) is 10.3. The fourth-order valence-corrected chi connectivity index (χ4v) is 8.29. The van der Waals surface area contributed by atoms with Gasteiger partial charge in [-0.25, -0.2) is 8.42 Å². The number of hydrogen-bond acceptors (Lipinski definition) is 6. The molecular weight excluding hydrogens is 508 g/mol. The minimum absolute atomic E-state index is 0.0420. The molecule has 0 spiro atoms. The molecule has 3 unspecified atom stereocenters. The van der Waals surface area contributed by atoms with Crippen LogP contribution in [0, 0.1) is 25.2 Å². The van der Waals surface area contributed by atoms with Gasteiger partial charge in [-0.05, 0) is 86.6 Å². The summed E-state index contributed by atoms with van der Waals surface area (Å²) in [5.74, 6) is 0.502. The number of ether oxygens (including phenoxy) is 1. The molecule has 1 saturated heterocycles. The molecule has 9 heteroatoms. The Kier molecular flexibility index (Phi) is 7.77. The number of hydrogen-bond donors (Lipinski definition) is 2. The maximum Gasteiger partial charge on any atom is 0.265 e. The molecule has 0 bridgehead atoms. The molecule has 1 aromatic heterocycles. The lowest BCUT2D eigenvalue weighted by atomic mass is 9.72. The fraction of sp³-hybridized carbons (Fsp3) is 0.571. The summed E-state index contributed by atoms with van der Waals surface area (Å²) in [7, 11) is -3.13. The minimum Gasteiger partial charge on any atom is -0.481 e. The second-order valence-corrected chi connectivity index (χ2v) is 15.0. The number of amides is 2. The summed E-state index contributed by atoms with van der Waals surface area (Å²) < 4.78 is 29.8. The van der Waals surface area contributed by atoms with Crippen molar-refractivity contribution in [3.8, 4) is 5.75 Å². The van der Waals surface area contributed by atoms with Crippen molar-refractivity contribution in [1.82, 2.24) is 5.32 Å². The molecule has 3 atom stereocenters. The molecule has 1 aliphatic heterocycles. The van der Waals surface area contributed by atoms with Gasteiger partial charge in [0.1, 0.15) is 10.8 Å². The summed E-state index contributed by atoms with van der Waals surface area (Å²) in [4.78, 5) is 27.8. The van der Waals surface area contributed by atoms with E-state index in [0.717, 1.165) is 40.8 Å². The minimum atomic E-state index is -3.13. The lowest BCUT2D eigenvalue weighted by Gasteiger charge is -2.33. The number of rotatable bonds is 6. The molecule has 0 saturated carbocycles. The zero-order chi connectivity index (χ0) is 27.1. The van der Waals surface area contributed by atoms with E-state index >= 15 is 0 Å². The van der Waals surface area contributed by atoms with Gasteiger partial charge >= 0.3 is 0 Å². The first-order chi connectivity index (χ1) is 17.2.